The van der Waals surface area contributed by atoms with Crippen molar-refractivity contribution in [2.24, 2.45) is 12.8 Å². The molecule has 0 unspecified atom stereocenters. The number of halogens is 1. The molecule has 3 nitrogen and oxygen atoms in total. The van der Waals surface area contributed by atoms with E-state index in [9.17, 15) is 0 Å². The van der Waals surface area contributed by atoms with Gasteiger partial charge in [0.1, 0.15) is 0 Å². The van der Waals surface area contributed by atoms with Crippen molar-refractivity contribution >= 4 is 22.6 Å². The zero-order valence-corrected chi connectivity index (χ0v) is 9.25. The molecule has 0 radical (unpaired) electrons. The molecule has 0 aliphatic heterocycles. The Balaban J connectivity index is 2.29. The predicted molar refractivity (Wildman–Crippen MR) is 60.8 cm³/mol. The molecule has 0 atom stereocenters. The van der Waals surface area contributed by atoms with Crippen LogP contribution in [0.4, 0.5) is 0 Å². The summed E-state index contributed by atoms with van der Waals surface area (Å²) >= 11 is 5.92. The van der Waals surface area contributed by atoms with E-state index < -0.39 is 0 Å². The molecule has 4 heteroatoms. The molecule has 78 valence electrons. The van der Waals surface area contributed by atoms with E-state index in [1.54, 1.807) is 6.20 Å². The van der Waals surface area contributed by atoms with Gasteiger partial charge in [0.05, 0.1) is 21.6 Å². The third-order valence-corrected chi connectivity index (χ3v) is 3.37. The standard InChI is InChI=1S/C11H12ClN3/c1-15-9-4-7(12)6-14-8(9)5-10(15)11(13)2-3-11/h4-6H,2-3,13H2,1H3. The second-order valence-corrected chi connectivity index (χ2v) is 4.74. The molecule has 0 amide bonds. The molecule has 0 aromatic carbocycles. The van der Waals surface area contributed by atoms with Crippen LogP contribution in [0.1, 0.15) is 18.5 Å². The lowest BCUT2D eigenvalue weighted by molar-refractivity contribution is 0.667. The van der Waals surface area contributed by atoms with Crippen molar-refractivity contribution in [2.45, 2.75) is 18.4 Å². The SMILES string of the molecule is Cn1c(C2(N)CC2)cc2ncc(Cl)cc21. The average molecular weight is 222 g/mol. The second-order valence-electron chi connectivity index (χ2n) is 4.30. The second kappa shape index (κ2) is 2.74. The summed E-state index contributed by atoms with van der Waals surface area (Å²) in [6.07, 6.45) is 3.79. The first-order valence-corrected chi connectivity index (χ1v) is 5.38. The van der Waals surface area contributed by atoms with Crippen molar-refractivity contribution in [1.82, 2.24) is 9.55 Å². The smallest absolute Gasteiger partial charge is 0.0885 e. The number of nitrogens with two attached hydrogens (primary N) is 1. The number of fused-ring (bicyclic) bond motifs is 1. The van der Waals surface area contributed by atoms with Gasteiger partial charge in [-0.1, -0.05) is 11.6 Å². The molecule has 0 spiro atoms. The Labute approximate surface area is 92.8 Å². The van der Waals surface area contributed by atoms with Crippen LogP contribution in [0.3, 0.4) is 0 Å². The number of rotatable bonds is 1. The van der Waals surface area contributed by atoms with Crippen LogP contribution < -0.4 is 5.73 Å². The van der Waals surface area contributed by atoms with E-state index >= 15 is 0 Å². The van der Waals surface area contributed by atoms with Gasteiger partial charge in [0.25, 0.3) is 0 Å². The van der Waals surface area contributed by atoms with E-state index in [4.69, 9.17) is 17.3 Å². The van der Waals surface area contributed by atoms with Gasteiger partial charge in [-0.15, -0.1) is 0 Å². The van der Waals surface area contributed by atoms with Gasteiger partial charge in [0, 0.05) is 18.9 Å². The van der Waals surface area contributed by atoms with Crippen LogP contribution in [0.15, 0.2) is 18.3 Å². The minimum absolute atomic E-state index is 0.123. The van der Waals surface area contributed by atoms with Crippen molar-refractivity contribution in [1.29, 1.82) is 0 Å². The molecule has 2 aromatic rings. The molecule has 0 bridgehead atoms. The summed E-state index contributed by atoms with van der Waals surface area (Å²) in [6, 6.07) is 4.00. The van der Waals surface area contributed by atoms with E-state index in [2.05, 4.69) is 15.6 Å². The number of aryl methyl sites for hydroxylation is 1. The zero-order chi connectivity index (χ0) is 10.6. The van der Waals surface area contributed by atoms with Crippen molar-refractivity contribution in [3.8, 4) is 0 Å². The van der Waals surface area contributed by atoms with Crippen molar-refractivity contribution < 1.29 is 0 Å². The molecule has 2 aromatic heterocycles. The topological polar surface area (TPSA) is 43.8 Å². The predicted octanol–water partition coefficient (Wildman–Crippen LogP) is 2.17. The molecule has 2 N–H and O–H groups in total. The highest BCUT2D eigenvalue weighted by Crippen LogP contribution is 2.44. The van der Waals surface area contributed by atoms with Crippen molar-refractivity contribution in [3.05, 3.63) is 29.0 Å². The third-order valence-electron chi connectivity index (χ3n) is 3.16. The molecule has 1 saturated carbocycles. The van der Waals surface area contributed by atoms with Gasteiger partial charge < -0.3 is 10.3 Å². The van der Waals surface area contributed by atoms with Crippen LogP contribution in [0.5, 0.6) is 0 Å². The molecule has 3 rings (SSSR count). The summed E-state index contributed by atoms with van der Waals surface area (Å²) in [5.41, 5.74) is 9.24. The zero-order valence-electron chi connectivity index (χ0n) is 8.50. The maximum absolute atomic E-state index is 6.19. The van der Waals surface area contributed by atoms with Gasteiger partial charge in [-0.3, -0.25) is 4.98 Å². The summed E-state index contributed by atoms with van der Waals surface area (Å²) in [7, 11) is 2.02. The number of aromatic nitrogens is 2. The molecular weight excluding hydrogens is 210 g/mol. The third kappa shape index (κ3) is 1.27. The lowest BCUT2D eigenvalue weighted by Gasteiger charge is -2.09. The summed E-state index contributed by atoms with van der Waals surface area (Å²) in [4.78, 5) is 4.30. The summed E-state index contributed by atoms with van der Waals surface area (Å²) in [6.45, 7) is 0. The normalized spacial score (nSPS) is 18.3. The van der Waals surface area contributed by atoms with Gasteiger partial charge in [-0.25, -0.2) is 0 Å². The fourth-order valence-electron chi connectivity index (χ4n) is 2.04. The van der Waals surface area contributed by atoms with Crippen molar-refractivity contribution in [3.63, 3.8) is 0 Å². The average Bonchev–Trinajstić information content (AvgIpc) is 2.86. The fraction of sp³-hybridized carbons (Fsp3) is 0.364. The van der Waals surface area contributed by atoms with Crippen LogP contribution in [0.2, 0.25) is 5.02 Å². The van der Waals surface area contributed by atoms with Crippen LogP contribution in [0, 0.1) is 0 Å². The van der Waals surface area contributed by atoms with Crippen LogP contribution in [-0.2, 0) is 12.6 Å². The maximum atomic E-state index is 6.19. The molecule has 1 fully saturated rings. The molecule has 15 heavy (non-hydrogen) atoms. The Morgan fingerprint density at radius 1 is 1.47 bits per heavy atom. The molecular formula is C11H12ClN3. The first kappa shape index (κ1) is 9.19. The van der Waals surface area contributed by atoms with E-state index in [0.29, 0.717) is 5.02 Å². The van der Waals surface area contributed by atoms with Gasteiger partial charge in [0.2, 0.25) is 0 Å². The largest absolute Gasteiger partial charge is 0.345 e. The number of nitrogens with zero attached hydrogens (tertiary/aromatic N) is 2. The first-order chi connectivity index (χ1) is 7.10. The Hall–Kier alpha value is -1.06. The van der Waals surface area contributed by atoms with Crippen molar-refractivity contribution in [2.75, 3.05) is 0 Å². The van der Waals surface area contributed by atoms with Gasteiger partial charge in [0.15, 0.2) is 0 Å². The molecule has 1 aliphatic rings. The minimum atomic E-state index is -0.123. The Kier molecular flexibility index (Phi) is 1.68. The lowest BCUT2D eigenvalue weighted by Crippen LogP contribution is -2.21. The fourth-order valence-corrected chi connectivity index (χ4v) is 2.20. The highest BCUT2D eigenvalue weighted by molar-refractivity contribution is 6.31. The van der Waals surface area contributed by atoms with E-state index in [1.165, 1.54) is 0 Å². The van der Waals surface area contributed by atoms with E-state index in [-0.39, 0.29) is 5.54 Å². The number of pyridine rings is 1. The number of hydrogen-bond donors (Lipinski definition) is 1. The van der Waals surface area contributed by atoms with E-state index in [1.807, 2.05) is 13.1 Å². The quantitative estimate of drug-likeness (QED) is 0.802. The molecule has 0 saturated heterocycles. The van der Waals surface area contributed by atoms with Gasteiger partial charge in [-0.2, -0.15) is 0 Å². The number of hydrogen-bond acceptors (Lipinski definition) is 2. The van der Waals surface area contributed by atoms with Gasteiger partial charge >= 0.3 is 0 Å². The first-order valence-electron chi connectivity index (χ1n) is 5.00. The Morgan fingerprint density at radius 2 is 2.20 bits per heavy atom. The van der Waals surface area contributed by atoms with Crippen LogP contribution >= 0.6 is 11.6 Å². The maximum Gasteiger partial charge on any atom is 0.0885 e. The Bertz CT molecular complexity index is 540. The summed E-state index contributed by atoms with van der Waals surface area (Å²) < 4.78 is 2.10. The monoisotopic (exact) mass is 221 g/mol. The summed E-state index contributed by atoms with van der Waals surface area (Å²) in [5, 5.41) is 0.664. The lowest BCUT2D eigenvalue weighted by atomic mass is 10.2. The Morgan fingerprint density at radius 3 is 2.87 bits per heavy atom. The minimum Gasteiger partial charge on any atom is -0.345 e. The van der Waals surface area contributed by atoms with Crippen LogP contribution in [0.25, 0.3) is 11.0 Å². The molecule has 1 aliphatic carbocycles. The highest BCUT2D eigenvalue weighted by atomic mass is 35.5. The van der Waals surface area contributed by atoms with E-state index in [0.717, 1.165) is 29.6 Å². The van der Waals surface area contributed by atoms with Gasteiger partial charge in [-0.05, 0) is 25.0 Å². The van der Waals surface area contributed by atoms with Crippen LogP contribution in [-0.4, -0.2) is 9.55 Å². The summed E-state index contributed by atoms with van der Waals surface area (Å²) in [5.74, 6) is 0. The highest BCUT2D eigenvalue weighted by Gasteiger charge is 2.42. The molecule has 2 heterocycles.